The van der Waals surface area contributed by atoms with E-state index in [1.54, 1.807) is 6.08 Å². The van der Waals surface area contributed by atoms with Crippen LogP contribution in [0, 0.1) is 11.8 Å². The lowest BCUT2D eigenvalue weighted by Crippen LogP contribution is -2.44. The highest BCUT2D eigenvalue weighted by atomic mass is 35.5. The monoisotopic (exact) mass is 436 g/mol. The molecule has 5 nitrogen and oxygen atoms in total. The summed E-state index contributed by atoms with van der Waals surface area (Å²) in [4.78, 5) is 23.5. The van der Waals surface area contributed by atoms with E-state index in [1.807, 2.05) is 6.08 Å². The van der Waals surface area contributed by atoms with Crippen molar-refractivity contribution in [2.24, 2.45) is 11.8 Å². The van der Waals surface area contributed by atoms with Crippen molar-refractivity contribution in [3.8, 4) is 0 Å². The molecule has 0 aromatic rings. The minimum Gasteiger partial charge on any atom is -0.375 e. The summed E-state index contributed by atoms with van der Waals surface area (Å²) >= 11 is 5.80. The number of hydrogen-bond donors (Lipinski definition) is 2. The van der Waals surface area contributed by atoms with Gasteiger partial charge in [0, 0.05) is 19.0 Å². The van der Waals surface area contributed by atoms with Crippen molar-refractivity contribution in [2.45, 2.75) is 64.4 Å². The molecule has 2 aliphatic heterocycles. The van der Waals surface area contributed by atoms with E-state index in [2.05, 4.69) is 36.6 Å². The van der Waals surface area contributed by atoms with Crippen molar-refractivity contribution < 1.29 is 14.3 Å². The van der Waals surface area contributed by atoms with Crippen LogP contribution in [0.2, 0.25) is 0 Å². The number of halogens is 1. The minimum absolute atomic E-state index is 0.0352. The van der Waals surface area contributed by atoms with Gasteiger partial charge in [0.15, 0.2) is 0 Å². The fourth-order valence-electron chi connectivity index (χ4n) is 4.33. The van der Waals surface area contributed by atoms with Gasteiger partial charge in [-0.3, -0.25) is 9.59 Å². The fraction of sp³-hybridized carbons (Fsp3) is 0.667. The Labute approximate surface area is 186 Å². The third-order valence-corrected chi connectivity index (χ3v) is 6.12. The van der Waals surface area contributed by atoms with Crippen LogP contribution in [0.5, 0.6) is 0 Å². The third kappa shape index (κ3) is 7.92. The van der Waals surface area contributed by atoms with E-state index in [9.17, 15) is 9.59 Å². The van der Waals surface area contributed by atoms with Crippen LogP contribution in [0.4, 0.5) is 0 Å². The summed E-state index contributed by atoms with van der Waals surface area (Å²) in [7, 11) is 0. The quantitative estimate of drug-likeness (QED) is 0.375. The molecule has 0 aromatic heterocycles. The zero-order valence-electron chi connectivity index (χ0n) is 18.4. The standard InChI is InChI=1S/C24H37ClN2O3/c1-3-6-19(7-5-14-25)16-20-10-12-24(11-4-2,30-18-20)13-15-26-23(29)21-8-9-22(28)27-17-21/h5-9,20-21H,3-4,10-18H2,1-2H3,(H,26,29)(H,27,28)/b7-5-,19-6+. The van der Waals surface area contributed by atoms with Gasteiger partial charge in [-0.25, -0.2) is 0 Å². The average Bonchev–Trinajstić information content (AvgIpc) is 2.74. The number of carbonyl (C=O) groups is 2. The van der Waals surface area contributed by atoms with Gasteiger partial charge in [0.25, 0.3) is 0 Å². The second-order valence-electron chi connectivity index (χ2n) is 8.35. The molecule has 0 spiro atoms. The fourth-order valence-corrected chi connectivity index (χ4v) is 4.42. The van der Waals surface area contributed by atoms with E-state index in [-0.39, 0.29) is 23.3 Å². The van der Waals surface area contributed by atoms with Crippen LogP contribution in [-0.4, -0.2) is 43.0 Å². The summed E-state index contributed by atoms with van der Waals surface area (Å²) in [5.74, 6) is 0.606. The van der Waals surface area contributed by atoms with Crippen molar-refractivity contribution in [3.05, 3.63) is 36.0 Å². The van der Waals surface area contributed by atoms with E-state index in [1.165, 1.54) is 11.6 Å². The Morgan fingerprint density at radius 2 is 2.23 bits per heavy atom. The number of allylic oxidation sites excluding steroid dienone is 4. The first-order chi connectivity index (χ1) is 14.5. The third-order valence-electron chi connectivity index (χ3n) is 5.94. The van der Waals surface area contributed by atoms with Gasteiger partial charge in [-0.05, 0) is 50.5 Å². The van der Waals surface area contributed by atoms with Gasteiger partial charge in [-0.1, -0.05) is 50.1 Å². The van der Waals surface area contributed by atoms with Crippen LogP contribution in [0.25, 0.3) is 0 Å². The van der Waals surface area contributed by atoms with Crippen LogP contribution in [0.15, 0.2) is 36.0 Å². The first-order valence-corrected chi connectivity index (χ1v) is 11.8. The molecule has 0 saturated carbocycles. The van der Waals surface area contributed by atoms with E-state index in [0.29, 0.717) is 24.9 Å². The van der Waals surface area contributed by atoms with Gasteiger partial charge < -0.3 is 15.4 Å². The van der Waals surface area contributed by atoms with Crippen LogP contribution >= 0.6 is 11.6 Å². The van der Waals surface area contributed by atoms with Crippen molar-refractivity contribution in [2.75, 3.05) is 25.6 Å². The topological polar surface area (TPSA) is 67.4 Å². The van der Waals surface area contributed by atoms with Crippen molar-refractivity contribution in [1.82, 2.24) is 10.6 Å². The van der Waals surface area contributed by atoms with Gasteiger partial charge in [-0.15, -0.1) is 11.6 Å². The zero-order valence-corrected chi connectivity index (χ0v) is 19.2. The molecule has 1 fully saturated rings. The summed E-state index contributed by atoms with van der Waals surface area (Å²) in [6, 6.07) is 0. The first-order valence-electron chi connectivity index (χ1n) is 11.3. The highest BCUT2D eigenvalue weighted by Gasteiger charge is 2.35. The molecule has 30 heavy (non-hydrogen) atoms. The Morgan fingerprint density at radius 1 is 1.40 bits per heavy atom. The van der Waals surface area contributed by atoms with Crippen molar-refractivity contribution in [3.63, 3.8) is 0 Å². The Morgan fingerprint density at radius 3 is 2.83 bits per heavy atom. The minimum atomic E-state index is -0.286. The highest BCUT2D eigenvalue weighted by molar-refractivity contribution is 6.18. The van der Waals surface area contributed by atoms with E-state index < -0.39 is 0 Å². The summed E-state index contributed by atoms with van der Waals surface area (Å²) in [6.07, 6.45) is 16.6. The van der Waals surface area contributed by atoms with Gasteiger partial charge in [0.1, 0.15) is 0 Å². The number of hydrogen-bond acceptors (Lipinski definition) is 3. The zero-order chi connectivity index (χ0) is 21.8. The Bertz CT molecular complexity index is 649. The van der Waals surface area contributed by atoms with Crippen LogP contribution in [-0.2, 0) is 14.3 Å². The maximum Gasteiger partial charge on any atom is 0.243 e. The molecule has 2 N–H and O–H groups in total. The first kappa shape index (κ1) is 24.7. The lowest BCUT2D eigenvalue weighted by Gasteiger charge is -2.41. The van der Waals surface area contributed by atoms with Gasteiger partial charge in [0.05, 0.1) is 18.1 Å². The summed E-state index contributed by atoms with van der Waals surface area (Å²) in [6.45, 7) is 6.07. The molecule has 1 saturated heterocycles. The second-order valence-corrected chi connectivity index (χ2v) is 8.66. The number of nitrogens with one attached hydrogen (secondary N) is 2. The van der Waals surface area contributed by atoms with Crippen molar-refractivity contribution >= 4 is 23.4 Å². The summed E-state index contributed by atoms with van der Waals surface area (Å²) in [5.41, 5.74) is 1.20. The summed E-state index contributed by atoms with van der Waals surface area (Å²) in [5, 5.41) is 5.72. The number of rotatable bonds is 11. The van der Waals surface area contributed by atoms with E-state index in [4.69, 9.17) is 16.3 Å². The molecular weight excluding hydrogens is 400 g/mol. The maximum atomic E-state index is 12.4. The van der Waals surface area contributed by atoms with E-state index >= 15 is 0 Å². The number of alkyl halides is 1. The van der Waals surface area contributed by atoms with E-state index in [0.717, 1.165) is 51.6 Å². The predicted octanol–water partition coefficient (Wildman–Crippen LogP) is 4.28. The van der Waals surface area contributed by atoms with Crippen molar-refractivity contribution in [1.29, 1.82) is 0 Å². The highest BCUT2D eigenvalue weighted by Crippen LogP contribution is 2.37. The Balaban J connectivity index is 1.83. The molecule has 2 heterocycles. The molecule has 0 aromatic carbocycles. The molecule has 168 valence electrons. The molecule has 0 bridgehead atoms. The second kappa shape index (κ2) is 13.0. The molecule has 6 heteroatoms. The molecule has 3 atom stereocenters. The molecule has 2 rings (SSSR count). The normalized spacial score (nSPS) is 27.3. The molecule has 0 radical (unpaired) electrons. The lowest BCUT2D eigenvalue weighted by molar-refractivity contribution is -0.126. The molecule has 2 aliphatic rings. The smallest absolute Gasteiger partial charge is 0.243 e. The van der Waals surface area contributed by atoms with Crippen LogP contribution in [0.3, 0.4) is 0 Å². The predicted molar refractivity (Wildman–Crippen MR) is 122 cm³/mol. The maximum absolute atomic E-state index is 12.4. The number of carbonyl (C=O) groups excluding carboxylic acids is 2. The molecule has 3 unspecified atom stereocenters. The largest absolute Gasteiger partial charge is 0.375 e. The Kier molecular flexibility index (Phi) is 10.7. The van der Waals surface area contributed by atoms with Gasteiger partial charge >= 0.3 is 0 Å². The SMILES string of the molecule is CC/C=C(\C=C/CCl)CC1CCC(CCC)(CCNC(=O)C2C=CC(=O)NC2)OC1. The Hall–Kier alpha value is -1.59. The van der Waals surface area contributed by atoms with Gasteiger partial charge in [-0.2, -0.15) is 0 Å². The number of ether oxygens (including phenoxy) is 1. The summed E-state index contributed by atoms with van der Waals surface area (Å²) < 4.78 is 6.44. The average molecular weight is 437 g/mol. The number of amides is 2. The van der Waals surface area contributed by atoms with Crippen LogP contribution in [0.1, 0.15) is 58.8 Å². The molecule has 2 amide bonds. The van der Waals surface area contributed by atoms with Crippen LogP contribution < -0.4 is 10.6 Å². The molecule has 0 aliphatic carbocycles. The lowest BCUT2D eigenvalue weighted by atomic mass is 9.81. The molecular formula is C24H37ClN2O3. The van der Waals surface area contributed by atoms with Gasteiger partial charge in [0.2, 0.25) is 11.8 Å².